The van der Waals surface area contributed by atoms with E-state index in [2.05, 4.69) is 5.32 Å². The van der Waals surface area contributed by atoms with Crippen molar-refractivity contribution in [2.24, 2.45) is 0 Å². The average molecular weight is 278 g/mol. The maximum Gasteiger partial charge on any atom is 0.338 e. The molecule has 0 saturated heterocycles. The highest BCUT2D eigenvalue weighted by atomic mass is 16.5. The Morgan fingerprint density at radius 2 is 1.70 bits per heavy atom. The first-order valence-electron chi connectivity index (χ1n) is 6.90. The minimum Gasteiger partial charge on any atom is -0.462 e. The zero-order chi connectivity index (χ0) is 15.0. The Kier molecular flexibility index (Phi) is 6.73. The van der Waals surface area contributed by atoms with Crippen LogP contribution in [0.1, 0.15) is 31.1 Å². The molecule has 1 N–H and O–H groups in total. The second kappa shape index (κ2) is 8.32. The molecule has 0 aromatic heterocycles. The number of amides is 1. The second-order valence-electron chi connectivity index (χ2n) is 4.31. The van der Waals surface area contributed by atoms with E-state index in [-0.39, 0.29) is 11.9 Å². The fourth-order valence-corrected chi connectivity index (χ4v) is 1.75. The molecule has 20 heavy (non-hydrogen) atoms. The number of hydrogen-bond donors (Lipinski definition) is 1. The lowest BCUT2D eigenvalue weighted by molar-refractivity contribution is -0.117. The van der Waals surface area contributed by atoms with Crippen LogP contribution in [0.5, 0.6) is 0 Å². The van der Waals surface area contributed by atoms with Crippen LogP contribution in [0.4, 0.5) is 5.69 Å². The van der Waals surface area contributed by atoms with Gasteiger partial charge >= 0.3 is 5.97 Å². The summed E-state index contributed by atoms with van der Waals surface area (Å²) in [4.78, 5) is 25.3. The number of ether oxygens (including phenoxy) is 1. The fourth-order valence-electron chi connectivity index (χ4n) is 1.75. The minimum atomic E-state index is -0.353. The first-order valence-corrected chi connectivity index (χ1v) is 6.90. The molecule has 1 aromatic carbocycles. The summed E-state index contributed by atoms with van der Waals surface area (Å²) in [6.45, 7) is 8.20. The molecule has 1 aromatic rings. The highest BCUT2D eigenvalue weighted by Crippen LogP contribution is 2.10. The van der Waals surface area contributed by atoms with Crippen molar-refractivity contribution < 1.29 is 14.3 Å². The first kappa shape index (κ1) is 16.2. The SMILES string of the molecule is CCOC(=O)c1ccc(NC(=O)CN(CC)CC)cc1. The molecule has 0 atom stereocenters. The van der Waals surface area contributed by atoms with Gasteiger partial charge in [0.2, 0.25) is 5.91 Å². The van der Waals surface area contributed by atoms with Crippen molar-refractivity contribution in [2.45, 2.75) is 20.8 Å². The predicted molar refractivity (Wildman–Crippen MR) is 78.8 cm³/mol. The molecule has 5 nitrogen and oxygen atoms in total. The molecule has 0 aliphatic heterocycles. The summed E-state index contributed by atoms with van der Waals surface area (Å²) in [6.07, 6.45) is 0. The zero-order valence-corrected chi connectivity index (χ0v) is 12.3. The van der Waals surface area contributed by atoms with Crippen molar-refractivity contribution in [1.29, 1.82) is 0 Å². The van der Waals surface area contributed by atoms with Gasteiger partial charge in [0.25, 0.3) is 0 Å². The van der Waals surface area contributed by atoms with Gasteiger partial charge in [-0.25, -0.2) is 4.79 Å². The Bertz CT molecular complexity index is 439. The van der Waals surface area contributed by atoms with Gasteiger partial charge in [0.1, 0.15) is 0 Å². The Morgan fingerprint density at radius 3 is 2.20 bits per heavy atom. The standard InChI is InChI=1S/C15H22N2O3/c1-4-17(5-2)11-14(18)16-13-9-7-12(8-10-13)15(19)20-6-3/h7-10H,4-6,11H2,1-3H3,(H,16,18). The summed E-state index contributed by atoms with van der Waals surface area (Å²) in [7, 11) is 0. The number of likely N-dealkylation sites (N-methyl/N-ethyl adjacent to an activating group) is 1. The van der Waals surface area contributed by atoms with E-state index in [0.717, 1.165) is 13.1 Å². The predicted octanol–water partition coefficient (Wildman–Crippen LogP) is 2.14. The molecular weight excluding hydrogens is 256 g/mol. The monoisotopic (exact) mass is 278 g/mol. The fraction of sp³-hybridized carbons (Fsp3) is 0.467. The van der Waals surface area contributed by atoms with Gasteiger partial charge < -0.3 is 10.1 Å². The first-order chi connectivity index (χ1) is 9.60. The lowest BCUT2D eigenvalue weighted by atomic mass is 10.2. The van der Waals surface area contributed by atoms with Gasteiger partial charge in [-0.1, -0.05) is 13.8 Å². The summed E-state index contributed by atoms with van der Waals surface area (Å²) in [6, 6.07) is 6.69. The molecule has 0 aliphatic rings. The van der Waals surface area contributed by atoms with Crippen molar-refractivity contribution >= 4 is 17.6 Å². The summed E-state index contributed by atoms with van der Waals surface area (Å²) in [5, 5.41) is 2.81. The van der Waals surface area contributed by atoms with E-state index in [9.17, 15) is 9.59 Å². The molecule has 0 unspecified atom stereocenters. The number of carbonyl (C=O) groups excluding carboxylic acids is 2. The zero-order valence-electron chi connectivity index (χ0n) is 12.3. The average Bonchev–Trinajstić information content (AvgIpc) is 2.45. The van der Waals surface area contributed by atoms with Crippen molar-refractivity contribution in [1.82, 2.24) is 4.90 Å². The van der Waals surface area contributed by atoms with Gasteiger partial charge in [0.05, 0.1) is 18.7 Å². The molecule has 110 valence electrons. The second-order valence-corrected chi connectivity index (χ2v) is 4.31. The number of anilines is 1. The highest BCUT2D eigenvalue weighted by Gasteiger charge is 2.09. The van der Waals surface area contributed by atoms with Crippen molar-refractivity contribution in [3.63, 3.8) is 0 Å². The maximum atomic E-state index is 11.8. The number of benzene rings is 1. The number of nitrogens with zero attached hydrogens (tertiary/aromatic N) is 1. The lowest BCUT2D eigenvalue weighted by Gasteiger charge is -2.17. The quantitative estimate of drug-likeness (QED) is 0.776. The van der Waals surface area contributed by atoms with Gasteiger partial charge in [-0.05, 0) is 44.3 Å². The third-order valence-electron chi connectivity index (χ3n) is 2.94. The topological polar surface area (TPSA) is 58.6 Å². The van der Waals surface area contributed by atoms with Crippen LogP contribution in [-0.4, -0.2) is 43.0 Å². The van der Waals surface area contributed by atoms with Gasteiger partial charge in [0, 0.05) is 5.69 Å². The van der Waals surface area contributed by atoms with Crippen LogP contribution in [-0.2, 0) is 9.53 Å². The van der Waals surface area contributed by atoms with Crippen molar-refractivity contribution in [2.75, 3.05) is 31.6 Å². The molecule has 5 heteroatoms. The van der Waals surface area contributed by atoms with E-state index < -0.39 is 0 Å². The Balaban J connectivity index is 2.57. The summed E-state index contributed by atoms with van der Waals surface area (Å²) in [5.41, 5.74) is 1.16. The third kappa shape index (κ3) is 5.01. The Hall–Kier alpha value is -1.88. The Morgan fingerprint density at radius 1 is 1.10 bits per heavy atom. The number of hydrogen-bond acceptors (Lipinski definition) is 4. The summed E-state index contributed by atoms with van der Waals surface area (Å²) in [5.74, 6) is -0.411. The number of rotatable bonds is 7. The highest BCUT2D eigenvalue weighted by molar-refractivity contribution is 5.94. The normalized spacial score (nSPS) is 10.4. The van der Waals surface area contributed by atoms with Crippen LogP contribution in [0.15, 0.2) is 24.3 Å². The van der Waals surface area contributed by atoms with Crippen LogP contribution in [0.3, 0.4) is 0 Å². The summed E-state index contributed by atoms with van der Waals surface area (Å²) < 4.78 is 4.90. The van der Waals surface area contributed by atoms with Gasteiger partial charge in [-0.2, -0.15) is 0 Å². The molecule has 1 amide bonds. The number of carbonyl (C=O) groups is 2. The van der Waals surface area contributed by atoms with E-state index in [0.29, 0.717) is 24.4 Å². The number of esters is 1. The minimum absolute atomic E-state index is 0.0578. The van der Waals surface area contributed by atoms with Crippen molar-refractivity contribution in [3.05, 3.63) is 29.8 Å². The van der Waals surface area contributed by atoms with Crippen molar-refractivity contribution in [3.8, 4) is 0 Å². The van der Waals surface area contributed by atoms with Crippen LogP contribution in [0, 0.1) is 0 Å². The van der Waals surface area contributed by atoms with E-state index >= 15 is 0 Å². The van der Waals surface area contributed by atoms with E-state index in [4.69, 9.17) is 4.74 Å². The molecule has 0 aliphatic carbocycles. The molecule has 0 saturated carbocycles. The van der Waals surface area contributed by atoms with Crippen LogP contribution in [0.2, 0.25) is 0 Å². The van der Waals surface area contributed by atoms with Gasteiger partial charge in [0.15, 0.2) is 0 Å². The van der Waals surface area contributed by atoms with Crippen LogP contribution in [0.25, 0.3) is 0 Å². The Labute approximate surface area is 119 Å². The van der Waals surface area contributed by atoms with E-state index in [1.54, 1.807) is 31.2 Å². The maximum absolute atomic E-state index is 11.8. The molecule has 1 rings (SSSR count). The molecule has 0 fully saturated rings. The molecule has 0 spiro atoms. The van der Waals surface area contributed by atoms with Gasteiger partial charge in [-0.3, -0.25) is 9.69 Å². The molecule has 0 bridgehead atoms. The van der Waals surface area contributed by atoms with Gasteiger partial charge in [-0.15, -0.1) is 0 Å². The molecule has 0 heterocycles. The largest absolute Gasteiger partial charge is 0.462 e. The third-order valence-corrected chi connectivity index (χ3v) is 2.94. The molecular formula is C15H22N2O3. The number of nitrogens with one attached hydrogen (secondary N) is 1. The molecule has 0 radical (unpaired) electrons. The lowest BCUT2D eigenvalue weighted by Crippen LogP contribution is -2.32. The van der Waals surface area contributed by atoms with Crippen LogP contribution >= 0.6 is 0 Å². The summed E-state index contributed by atoms with van der Waals surface area (Å²) >= 11 is 0. The van der Waals surface area contributed by atoms with E-state index in [1.165, 1.54) is 0 Å². The smallest absolute Gasteiger partial charge is 0.338 e. The van der Waals surface area contributed by atoms with Crippen LogP contribution < -0.4 is 5.32 Å². The van der Waals surface area contributed by atoms with E-state index in [1.807, 2.05) is 18.7 Å².